The van der Waals surface area contributed by atoms with Crippen molar-refractivity contribution in [1.82, 2.24) is 25.5 Å². The number of rotatable bonds is 8. The van der Waals surface area contributed by atoms with E-state index in [1.807, 2.05) is 19.1 Å². The molecule has 12 nitrogen and oxygen atoms in total. The van der Waals surface area contributed by atoms with Crippen LogP contribution in [0.25, 0.3) is 10.8 Å². The number of hydrogen-bond donors (Lipinski definition) is 2. The van der Waals surface area contributed by atoms with Gasteiger partial charge < -0.3 is 24.6 Å². The van der Waals surface area contributed by atoms with E-state index in [0.717, 1.165) is 78.3 Å². The number of ether oxygens (including phenoxy) is 2. The third-order valence-electron chi connectivity index (χ3n) is 15.6. The number of esters is 1. The molecule has 4 bridgehead atoms. The van der Waals surface area contributed by atoms with Gasteiger partial charge in [0.1, 0.15) is 29.5 Å². The summed E-state index contributed by atoms with van der Waals surface area (Å²) in [4.78, 5) is 56.4. The van der Waals surface area contributed by atoms with E-state index in [0.29, 0.717) is 99.8 Å². The second kappa shape index (κ2) is 14.1. The van der Waals surface area contributed by atoms with Crippen molar-refractivity contribution >= 4 is 40.2 Å². The van der Waals surface area contributed by atoms with Crippen molar-refractivity contribution in [2.75, 3.05) is 49.1 Å². The number of nitrogens with zero attached hydrogens (tertiary/aromatic N) is 5. The fourth-order valence-electron chi connectivity index (χ4n) is 13.3. The Kier molecular flexibility index (Phi) is 8.95. The van der Waals surface area contributed by atoms with Gasteiger partial charge in [-0.3, -0.25) is 19.8 Å². The molecule has 2 atom stereocenters. The number of hydrogen-bond acceptors (Lipinski definition) is 10. The fourth-order valence-corrected chi connectivity index (χ4v) is 13.3. The molecule has 60 heavy (non-hydrogen) atoms. The van der Waals surface area contributed by atoms with Crippen molar-refractivity contribution in [3.05, 3.63) is 58.8 Å². The SMILES string of the molecule is CCc1c(F)ccc2cc(OC(=O)C34CC5CC(CC(C5)C3)C4)cc(N3CCc4c(nc(OC[C@@]56CCCN5C/C(=C\F)C6)nc4N4CCC[C@]5(C4)NC(=O)NC5=O)C3)c12. The van der Waals surface area contributed by atoms with Crippen LogP contribution < -0.4 is 29.9 Å². The highest BCUT2D eigenvalue weighted by molar-refractivity contribution is 6.07. The number of aromatic nitrogens is 2. The molecule has 14 heteroatoms. The molecule has 3 aromatic rings. The Labute approximate surface area is 348 Å². The molecule has 0 radical (unpaired) electrons. The Morgan fingerprint density at radius 3 is 2.50 bits per heavy atom. The van der Waals surface area contributed by atoms with E-state index >= 15 is 4.39 Å². The maximum Gasteiger partial charge on any atom is 0.322 e. The first kappa shape index (κ1) is 38.1. The molecule has 1 spiro atoms. The predicted molar refractivity (Wildman–Crippen MR) is 220 cm³/mol. The summed E-state index contributed by atoms with van der Waals surface area (Å²) < 4.78 is 42.4. The molecule has 6 heterocycles. The summed E-state index contributed by atoms with van der Waals surface area (Å²) in [5.41, 5.74) is 2.00. The van der Waals surface area contributed by atoms with Crippen molar-refractivity contribution in [3.63, 3.8) is 0 Å². The summed E-state index contributed by atoms with van der Waals surface area (Å²) in [7, 11) is 0. The number of carbonyl (C=O) groups is 3. The standard InChI is InChI=1S/C46H53F2N7O5/c1-2-33-35(48)6-5-31-16-32(60-41(57)44-18-27-13-28(19-44)15-29(14-27)20-44)17-37(38(31)33)53-12-7-34-36(24-53)49-43(59-26-45-8-3-11-55(45)23-30(21-45)22-47)50-39(34)54-10-4-9-46(25-54)40(56)51-42(58)52-46/h5-6,16-17,22,27-29H,2-4,7-15,18-21,23-26H2,1H3,(H2,51,52,56,58)/b30-22-/t27?,28?,29?,44?,45-,46+/m0/s1. The van der Waals surface area contributed by atoms with E-state index in [1.165, 1.54) is 25.3 Å². The Hall–Kier alpha value is -4.85. The van der Waals surface area contributed by atoms with Crippen molar-refractivity contribution in [3.8, 4) is 11.8 Å². The largest absolute Gasteiger partial charge is 0.461 e. The third-order valence-corrected chi connectivity index (χ3v) is 15.6. The summed E-state index contributed by atoms with van der Waals surface area (Å²) in [6.45, 7) is 5.50. The van der Waals surface area contributed by atoms with Crippen molar-refractivity contribution in [2.45, 2.75) is 108 Å². The molecule has 12 rings (SSSR count). The molecule has 5 aliphatic heterocycles. The van der Waals surface area contributed by atoms with Gasteiger partial charge in [-0.15, -0.1) is 0 Å². The van der Waals surface area contributed by atoms with Crippen molar-refractivity contribution in [1.29, 1.82) is 0 Å². The molecular weight excluding hydrogens is 769 g/mol. The number of amides is 3. The van der Waals surface area contributed by atoms with Gasteiger partial charge in [0, 0.05) is 42.3 Å². The van der Waals surface area contributed by atoms with E-state index in [1.54, 1.807) is 6.07 Å². The van der Waals surface area contributed by atoms with Crippen molar-refractivity contribution < 1.29 is 32.6 Å². The van der Waals surface area contributed by atoms with Crippen LogP contribution in [0.3, 0.4) is 0 Å². The van der Waals surface area contributed by atoms with Crippen LogP contribution in [0, 0.1) is 29.0 Å². The topological polar surface area (TPSA) is 129 Å². The quantitative estimate of drug-likeness (QED) is 0.145. The van der Waals surface area contributed by atoms with Gasteiger partial charge in [-0.2, -0.15) is 9.97 Å². The minimum absolute atomic E-state index is 0.129. The maximum atomic E-state index is 15.7. The van der Waals surface area contributed by atoms with E-state index in [4.69, 9.17) is 19.4 Å². The summed E-state index contributed by atoms with van der Waals surface area (Å²) in [6.07, 6.45) is 11.8. The first-order valence-corrected chi connectivity index (χ1v) is 22.2. The first-order valence-electron chi connectivity index (χ1n) is 22.2. The zero-order chi connectivity index (χ0) is 41.0. The lowest BCUT2D eigenvalue weighted by Gasteiger charge is -2.55. The second-order valence-corrected chi connectivity index (χ2v) is 19.4. The number of anilines is 2. The van der Waals surface area contributed by atoms with Crippen LogP contribution in [0.1, 0.15) is 94.4 Å². The number of piperidine rings is 1. The lowest BCUT2D eigenvalue weighted by molar-refractivity contribution is -0.161. The number of benzene rings is 2. The van der Waals surface area contributed by atoms with Crippen LogP contribution in [-0.4, -0.2) is 83.2 Å². The summed E-state index contributed by atoms with van der Waals surface area (Å²) >= 11 is 0. The highest BCUT2D eigenvalue weighted by Gasteiger charge is 2.56. The minimum atomic E-state index is -1.06. The summed E-state index contributed by atoms with van der Waals surface area (Å²) in [5.74, 6) is 2.20. The third kappa shape index (κ3) is 6.16. The van der Waals surface area contributed by atoms with Crippen LogP contribution in [0.15, 0.2) is 36.2 Å². The molecule has 1 aromatic heterocycles. The number of halogens is 2. The fraction of sp³-hybridized carbons (Fsp3) is 0.587. The number of imide groups is 1. The van der Waals surface area contributed by atoms with Gasteiger partial charge in [-0.25, -0.2) is 13.6 Å². The zero-order valence-corrected chi connectivity index (χ0v) is 34.3. The van der Waals surface area contributed by atoms with E-state index in [2.05, 4.69) is 25.3 Å². The summed E-state index contributed by atoms with van der Waals surface area (Å²) in [6, 6.07) is 6.80. The molecule has 4 saturated carbocycles. The Bertz CT molecular complexity index is 2320. The van der Waals surface area contributed by atoms with Gasteiger partial charge in [-0.1, -0.05) is 13.0 Å². The monoisotopic (exact) mass is 821 g/mol. The van der Waals surface area contributed by atoms with Gasteiger partial charge in [0.2, 0.25) is 0 Å². The molecule has 2 aromatic carbocycles. The highest BCUT2D eigenvalue weighted by atomic mass is 19.1. The smallest absolute Gasteiger partial charge is 0.322 e. The molecule has 0 unspecified atom stereocenters. The van der Waals surface area contributed by atoms with Gasteiger partial charge in [-0.05, 0) is 136 Å². The van der Waals surface area contributed by atoms with Gasteiger partial charge in [0.15, 0.2) is 0 Å². The molecule has 4 aliphatic carbocycles. The number of urea groups is 1. The van der Waals surface area contributed by atoms with Crippen LogP contribution in [0.2, 0.25) is 0 Å². The number of carbonyl (C=O) groups excluding carboxylic acids is 3. The van der Waals surface area contributed by atoms with Crippen LogP contribution in [-0.2, 0) is 29.0 Å². The highest BCUT2D eigenvalue weighted by Crippen LogP contribution is 2.60. The molecule has 2 N–H and O–H groups in total. The van der Waals surface area contributed by atoms with Gasteiger partial charge in [0.05, 0.1) is 36.1 Å². The van der Waals surface area contributed by atoms with Gasteiger partial charge in [0.25, 0.3) is 5.91 Å². The van der Waals surface area contributed by atoms with Crippen molar-refractivity contribution in [2.24, 2.45) is 23.2 Å². The Morgan fingerprint density at radius 2 is 1.77 bits per heavy atom. The van der Waals surface area contributed by atoms with Crippen LogP contribution >= 0.6 is 0 Å². The molecule has 9 aliphatic rings. The summed E-state index contributed by atoms with van der Waals surface area (Å²) in [5, 5.41) is 6.93. The number of aryl methyl sites for hydroxylation is 1. The molecular formula is C46H53F2N7O5. The number of nitrogens with one attached hydrogen (secondary N) is 2. The van der Waals surface area contributed by atoms with Gasteiger partial charge >= 0.3 is 18.0 Å². The van der Waals surface area contributed by atoms with Crippen LogP contribution in [0.4, 0.5) is 25.1 Å². The normalized spacial score (nSPS) is 32.5. The molecule has 4 saturated heterocycles. The number of fused-ring (bicyclic) bond motifs is 3. The molecule has 316 valence electrons. The molecule has 3 amide bonds. The first-order chi connectivity index (χ1) is 29.0. The van der Waals surface area contributed by atoms with Crippen LogP contribution in [0.5, 0.6) is 11.8 Å². The maximum absolute atomic E-state index is 15.7. The van der Waals surface area contributed by atoms with E-state index in [-0.39, 0.29) is 35.8 Å². The Balaban J connectivity index is 0.954. The minimum Gasteiger partial charge on any atom is -0.461 e. The van der Waals surface area contributed by atoms with E-state index in [9.17, 15) is 18.8 Å². The Morgan fingerprint density at radius 1 is 0.983 bits per heavy atom. The second-order valence-electron chi connectivity index (χ2n) is 19.4. The van der Waals surface area contributed by atoms with E-state index < -0.39 is 17.0 Å². The average Bonchev–Trinajstić information content (AvgIpc) is 3.87. The zero-order valence-electron chi connectivity index (χ0n) is 34.3. The lowest BCUT2D eigenvalue weighted by Crippen LogP contribution is -2.59. The molecule has 8 fully saturated rings. The lowest BCUT2D eigenvalue weighted by atomic mass is 9.49. The average molecular weight is 822 g/mol. The predicted octanol–water partition coefficient (Wildman–Crippen LogP) is 6.66.